The Morgan fingerprint density at radius 3 is 2.59 bits per heavy atom. The van der Waals surface area contributed by atoms with E-state index in [-0.39, 0.29) is 6.61 Å². The lowest BCUT2D eigenvalue weighted by molar-refractivity contribution is -0.153. The van der Waals surface area contributed by atoms with E-state index in [1.165, 1.54) is 18.2 Å². The van der Waals surface area contributed by atoms with Gasteiger partial charge in [0.1, 0.15) is 6.04 Å². The fourth-order valence-electron chi connectivity index (χ4n) is 4.18. The maximum absolute atomic E-state index is 13.1. The molecule has 2 aliphatic heterocycles. The van der Waals surface area contributed by atoms with Gasteiger partial charge >= 0.3 is 5.97 Å². The molecule has 2 heterocycles. The lowest BCUT2D eigenvalue weighted by Crippen LogP contribution is -2.53. The van der Waals surface area contributed by atoms with Crippen molar-refractivity contribution in [2.24, 2.45) is 10.9 Å². The lowest BCUT2D eigenvalue weighted by atomic mass is 9.91. The third-order valence-electron chi connectivity index (χ3n) is 5.81. The highest BCUT2D eigenvalue weighted by Gasteiger charge is 2.42. The Morgan fingerprint density at radius 1 is 1.12 bits per heavy atom. The van der Waals surface area contributed by atoms with Crippen molar-refractivity contribution in [3.63, 3.8) is 0 Å². The molecular weight excluding hydrogens is 410 g/mol. The molecule has 2 atom stereocenters. The van der Waals surface area contributed by atoms with E-state index in [9.17, 15) is 9.59 Å². The number of benzene rings is 2. The third-order valence-corrected chi connectivity index (χ3v) is 5.81. The van der Waals surface area contributed by atoms with Crippen molar-refractivity contribution in [2.45, 2.75) is 25.9 Å². The van der Waals surface area contributed by atoms with Crippen molar-refractivity contribution in [3.05, 3.63) is 59.2 Å². The first kappa shape index (κ1) is 21.7. The molecule has 8 nitrogen and oxygen atoms in total. The van der Waals surface area contributed by atoms with Crippen LogP contribution in [-0.2, 0) is 27.3 Å². The molecule has 0 aromatic heterocycles. The predicted molar refractivity (Wildman–Crippen MR) is 119 cm³/mol. The first-order chi connectivity index (χ1) is 15.5. The summed E-state index contributed by atoms with van der Waals surface area (Å²) >= 11 is 0. The molecule has 1 N–H and O–H groups in total. The maximum Gasteiger partial charge on any atom is 0.321 e. The summed E-state index contributed by atoms with van der Waals surface area (Å²) < 4.78 is 15.9. The summed E-state index contributed by atoms with van der Waals surface area (Å²) in [4.78, 5) is 32.7. The Bertz CT molecular complexity index is 1050. The summed E-state index contributed by atoms with van der Waals surface area (Å²) in [5, 5.41) is 2.84. The number of amides is 1. The molecule has 32 heavy (non-hydrogen) atoms. The quantitative estimate of drug-likeness (QED) is 0.571. The van der Waals surface area contributed by atoms with Crippen LogP contribution in [0, 0.1) is 5.92 Å². The molecule has 2 aromatic rings. The largest absolute Gasteiger partial charge is 0.493 e. The van der Waals surface area contributed by atoms with E-state index in [1.807, 2.05) is 17.0 Å². The second-order valence-corrected chi connectivity index (χ2v) is 7.67. The van der Waals surface area contributed by atoms with Crippen LogP contribution in [0.3, 0.4) is 0 Å². The van der Waals surface area contributed by atoms with Crippen molar-refractivity contribution in [1.29, 1.82) is 0 Å². The SMILES string of the molecule is CCOC(=O)[C@@H]1C(=O)NC(N2CCc3ccccc3C2)=N[C@@H]1c1ccc(OC)c(OC)c1. The minimum Gasteiger partial charge on any atom is -0.493 e. The normalized spacial score (nSPS) is 20.0. The Balaban J connectivity index is 1.72. The van der Waals surface area contributed by atoms with Gasteiger partial charge in [-0.3, -0.25) is 14.9 Å². The summed E-state index contributed by atoms with van der Waals surface area (Å²) in [6.45, 7) is 3.25. The molecule has 2 aromatic carbocycles. The van der Waals surface area contributed by atoms with E-state index < -0.39 is 23.8 Å². The summed E-state index contributed by atoms with van der Waals surface area (Å²) in [7, 11) is 3.09. The summed E-state index contributed by atoms with van der Waals surface area (Å²) in [6.07, 6.45) is 0.855. The van der Waals surface area contributed by atoms with Gasteiger partial charge in [0.2, 0.25) is 11.9 Å². The van der Waals surface area contributed by atoms with Gasteiger partial charge in [-0.15, -0.1) is 0 Å². The number of nitrogens with zero attached hydrogens (tertiary/aromatic N) is 2. The number of carbonyl (C=O) groups is 2. The molecule has 0 spiro atoms. The van der Waals surface area contributed by atoms with Gasteiger partial charge in [-0.1, -0.05) is 30.3 Å². The van der Waals surface area contributed by atoms with Crippen molar-refractivity contribution in [1.82, 2.24) is 10.2 Å². The van der Waals surface area contributed by atoms with Gasteiger partial charge in [0.05, 0.1) is 20.8 Å². The van der Waals surface area contributed by atoms with E-state index in [0.717, 1.165) is 13.0 Å². The van der Waals surface area contributed by atoms with Gasteiger partial charge in [-0.05, 0) is 42.2 Å². The van der Waals surface area contributed by atoms with Crippen molar-refractivity contribution in [3.8, 4) is 11.5 Å². The Hall–Kier alpha value is -3.55. The standard InChI is InChI=1S/C24H27N3O5/c1-4-32-23(29)20-21(16-9-10-18(30-2)19(13-16)31-3)25-24(26-22(20)28)27-12-11-15-7-5-6-8-17(15)14-27/h5-10,13,20-21H,4,11-12,14H2,1-3H3,(H,25,26,28)/t20-,21+/m0/s1. The highest BCUT2D eigenvalue weighted by atomic mass is 16.5. The third kappa shape index (κ3) is 4.12. The molecule has 0 unspecified atom stereocenters. The zero-order valence-corrected chi connectivity index (χ0v) is 18.5. The van der Waals surface area contributed by atoms with E-state index in [1.54, 1.807) is 32.2 Å². The van der Waals surface area contributed by atoms with Gasteiger partial charge < -0.3 is 19.1 Å². The monoisotopic (exact) mass is 437 g/mol. The van der Waals surface area contributed by atoms with Crippen LogP contribution in [0.5, 0.6) is 11.5 Å². The minimum absolute atomic E-state index is 0.181. The van der Waals surface area contributed by atoms with Crippen LogP contribution in [-0.4, -0.2) is 50.1 Å². The van der Waals surface area contributed by atoms with Gasteiger partial charge in [0.15, 0.2) is 17.4 Å². The second kappa shape index (κ2) is 9.30. The predicted octanol–water partition coefficient (Wildman–Crippen LogP) is 2.47. The molecular formula is C24H27N3O5. The van der Waals surface area contributed by atoms with Crippen molar-refractivity contribution < 1.29 is 23.8 Å². The number of hydrogen-bond acceptors (Lipinski definition) is 7. The van der Waals surface area contributed by atoms with Gasteiger partial charge in [0, 0.05) is 13.1 Å². The first-order valence-corrected chi connectivity index (χ1v) is 10.6. The van der Waals surface area contributed by atoms with Crippen LogP contribution in [0.25, 0.3) is 0 Å². The van der Waals surface area contributed by atoms with Crippen LogP contribution in [0.1, 0.15) is 29.7 Å². The minimum atomic E-state index is -1.09. The van der Waals surface area contributed by atoms with E-state index in [0.29, 0.717) is 29.6 Å². The van der Waals surface area contributed by atoms with Gasteiger partial charge in [-0.25, -0.2) is 4.99 Å². The van der Waals surface area contributed by atoms with E-state index in [2.05, 4.69) is 17.4 Å². The fourth-order valence-corrected chi connectivity index (χ4v) is 4.18. The van der Waals surface area contributed by atoms with Crippen LogP contribution in [0.2, 0.25) is 0 Å². The Labute approximate surface area is 187 Å². The first-order valence-electron chi connectivity index (χ1n) is 10.6. The number of fused-ring (bicyclic) bond motifs is 1. The number of guanidine groups is 1. The Kier molecular flexibility index (Phi) is 6.30. The molecule has 0 bridgehead atoms. The fraction of sp³-hybridized carbons (Fsp3) is 0.375. The molecule has 0 fully saturated rings. The van der Waals surface area contributed by atoms with Crippen LogP contribution in [0.15, 0.2) is 47.5 Å². The number of rotatable bonds is 5. The number of carbonyl (C=O) groups excluding carboxylic acids is 2. The number of ether oxygens (including phenoxy) is 3. The maximum atomic E-state index is 13.1. The summed E-state index contributed by atoms with van der Waals surface area (Å²) in [5.41, 5.74) is 3.17. The topological polar surface area (TPSA) is 89.5 Å². The molecule has 0 saturated heterocycles. The number of nitrogens with one attached hydrogen (secondary N) is 1. The van der Waals surface area contributed by atoms with Crippen LogP contribution in [0.4, 0.5) is 0 Å². The number of hydrogen-bond donors (Lipinski definition) is 1. The lowest BCUT2D eigenvalue weighted by Gasteiger charge is -2.36. The van der Waals surface area contributed by atoms with Crippen molar-refractivity contribution in [2.75, 3.05) is 27.4 Å². The molecule has 8 heteroatoms. The Morgan fingerprint density at radius 2 is 1.88 bits per heavy atom. The number of aliphatic imine (C=N–C) groups is 1. The van der Waals surface area contributed by atoms with E-state index >= 15 is 0 Å². The zero-order chi connectivity index (χ0) is 22.7. The van der Waals surface area contributed by atoms with Crippen molar-refractivity contribution >= 4 is 17.8 Å². The highest BCUT2D eigenvalue weighted by molar-refractivity contribution is 6.08. The van der Waals surface area contributed by atoms with Gasteiger partial charge in [-0.2, -0.15) is 0 Å². The summed E-state index contributed by atoms with van der Waals surface area (Å²) in [6, 6.07) is 12.8. The molecule has 0 aliphatic carbocycles. The van der Waals surface area contributed by atoms with E-state index in [4.69, 9.17) is 19.2 Å². The molecule has 2 aliphatic rings. The number of esters is 1. The van der Waals surface area contributed by atoms with Crippen LogP contribution >= 0.6 is 0 Å². The molecule has 0 saturated carbocycles. The highest BCUT2D eigenvalue weighted by Crippen LogP contribution is 2.36. The van der Waals surface area contributed by atoms with Gasteiger partial charge in [0.25, 0.3) is 0 Å². The molecule has 0 radical (unpaired) electrons. The average Bonchev–Trinajstić information content (AvgIpc) is 2.82. The molecule has 1 amide bonds. The number of methoxy groups -OCH3 is 2. The zero-order valence-electron chi connectivity index (χ0n) is 18.5. The molecule has 4 rings (SSSR count). The second-order valence-electron chi connectivity index (χ2n) is 7.67. The van der Waals surface area contributed by atoms with Crippen LogP contribution < -0.4 is 14.8 Å². The smallest absolute Gasteiger partial charge is 0.321 e. The molecule has 168 valence electrons. The average molecular weight is 437 g/mol. The summed E-state index contributed by atoms with van der Waals surface area (Å²) in [5.74, 6) is -0.592.